The molecule has 0 saturated carbocycles. The van der Waals surface area contributed by atoms with Gasteiger partial charge in [-0.1, -0.05) is 0 Å². The van der Waals surface area contributed by atoms with Crippen LogP contribution >= 0.6 is 0 Å². The van der Waals surface area contributed by atoms with Gasteiger partial charge in [0.2, 0.25) is 5.91 Å². The van der Waals surface area contributed by atoms with E-state index in [1.54, 1.807) is 24.1 Å². The van der Waals surface area contributed by atoms with Gasteiger partial charge in [0.15, 0.2) is 0 Å². The number of rotatable bonds is 2. The Bertz CT molecular complexity index is 485. The molecule has 2 rings (SSSR count). The molecule has 1 N–H and O–H groups in total. The fourth-order valence-electron chi connectivity index (χ4n) is 1.96. The van der Waals surface area contributed by atoms with Gasteiger partial charge in [-0.25, -0.2) is 4.79 Å². The van der Waals surface area contributed by atoms with Crippen molar-refractivity contribution in [3.63, 3.8) is 0 Å². The van der Waals surface area contributed by atoms with E-state index in [0.717, 1.165) is 11.4 Å². The molecule has 1 amide bonds. The lowest BCUT2D eigenvalue weighted by atomic mass is 10.1. The van der Waals surface area contributed by atoms with Gasteiger partial charge >= 0.3 is 5.97 Å². The van der Waals surface area contributed by atoms with Gasteiger partial charge < -0.3 is 14.9 Å². The standard InChI is InChI=1S/C12H14N2O3/c1-3-14-7-11(15)13(2)9-5-4-8(12(16)17)6-10(9)14/h4-6H,3,7H2,1-2H3,(H,16,17). The number of carbonyl (C=O) groups is 2. The number of anilines is 2. The number of carboxylic acid groups (broad SMARTS) is 1. The van der Waals surface area contributed by atoms with Crippen molar-refractivity contribution in [1.82, 2.24) is 0 Å². The second kappa shape index (κ2) is 4.08. The highest BCUT2D eigenvalue weighted by molar-refractivity contribution is 6.04. The van der Waals surface area contributed by atoms with Gasteiger partial charge in [0.05, 0.1) is 23.5 Å². The van der Waals surface area contributed by atoms with Gasteiger partial charge in [0, 0.05) is 13.6 Å². The SMILES string of the molecule is CCN1CC(=O)N(C)c2ccc(C(=O)O)cc21. The maximum atomic E-state index is 11.7. The van der Waals surface area contributed by atoms with Crippen molar-refractivity contribution >= 4 is 23.3 Å². The number of fused-ring (bicyclic) bond motifs is 1. The number of aromatic carboxylic acids is 1. The fraction of sp³-hybridized carbons (Fsp3) is 0.333. The highest BCUT2D eigenvalue weighted by atomic mass is 16.4. The third kappa shape index (κ3) is 1.84. The van der Waals surface area contributed by atoms with Crippen LogP contribution in [0, 0.1) is 0 Å². The van der Waals surface area contributed by atoms with Crippen LogP contribution in [0.1, 0.15) is 17.3 Å². The Morgan fingerprint density at radius 3 is 2.71 bits per heavy atom. The number of hydrogen-bond donors (Lipinski definition) is 1. The predicted molar refractivity (Wildman–Crippen MR) is 64.7 cm³/mol. The van der Waals surface area contributed by atoms with Crippen molar-refractivity contribution in [1.29, 1.82) is 0 Å². The summed E-state index contributed by atoms with van der Waals surface area (Å²) in [6.07, 6.45) is 0. The Balaban J connectivity index is 2.54. The van der Waals surface area contributed by atoms with Crippen LogP contribution < -0.4 is 9.80 Å². The maximum absolute atomic E-state index is 11.7. The Labute approximate surface area is 99.3 Å². The molecule has 0 unspecified atom stereocenters. The number of likely N-dealkylation sites (N-methyl/N-ethyl adjacent to an activating group) is 2. The zero-order chi connectivity index (χ0) is 12.6. The average molecular weight is 234 g/mol. The van der Waals surface area contributed by atoms with Crippen molar-refractivity contribution in [2.75, 3.05) is 29.9 Å². The Kier molecular flexibility index (Phi) is 2.75. The van der Waals surface area contributed by atoms with Gasteiger partial charge in [-0.05, 0) is 25.1 Å². The van der Waals surface area contributed by atoms with E-state index >= 15 is 0 Å². The summed E-state index contributed by atoms with van der Waals surface area (Å²) >= 11 is 0. The number of nitrogens with zero attached hydrogens (tertiary/aromatic N) is 2. The van der Waals surface area contributed by atoms with E-state index in [-0.39, 0.29) is 11.5 Å². The molecule has 17 heavy (non-hydrogen) atoms. The van der Waals surface area contributed by atoms with E-state index in [1.165, 1.54) is 6.07 Å². The summed E-state index contributed by atoms with van der Waals surface area (Å²) in [5, 5.41) is 8.96. The van der Waals surface area contributed by atoms with Crippen molar-refractivity contribution in [3.8, 4) is 0 Å². The van der Waals surface area contributed by atoms with Crippen molar-refractivity contribution in [2.45, 2.75) is 6.92 Å². The normalized spacial score (nSPS) is 14.8. The van der Waals surface area contributed by atoms with Crippen LogP contribution in [-0.2, 0) is 4.79 Å². The molecule has 1 aliphatic heterocycles. The molecule has 5 nitrogen and oxygen atoms in total. The first-order valence-electron chi connectivity index (χ1n) is 5.43. The topological polar surface area (TPSA) is 60.9 Å². The first-order valence-corrected chi connectivity index (χ1v) is 5.43. The fourth-order valence-corrected chi connectivity index (χ4v) is 1.96. The monoisotopic (exact) mass is 234 g/mol. The van der Waals surface area contributed by atoms with Gasteiger partial charge in [-0.15, -0.1) is 0 Å². The highest BCUT2D eigenvalue weighted by Crippen LogP contribution is 2.33. The molecule has 0 fully saturated rings. The molecule has 1 heterocycles. The van der Waals surface area contributed by atoms with E-state index in [4.69, 9.17) is 5.11 Å². The van der Waals surface area contributed by atoms with Gasteiger partial charge in [0.1, 0.15) is 0 Å². The molecule has 0 bridgehead atoms. The number of carboxylic acids is 1. The minimum absolute atomic E-state index is 0.0161. The largest absolute Gasteiger partial charge is 0.478 e. The van der Waals surface area contributed by atoms with Crippen molar-refractivity contribution in [3.05, 3.63) is 23.8 Å². The first-order chi connectivity index (χ1) is 8.04. The molecule has 0 aliphatic carbocycles. The quantitative estimate of drug-likeness (QED) is 0.835. The number of benzene rings is 1. The molecule has 0 saturated heterocycles. The molecule has 5 heteroatoms. The second-order valence-electron chi connectivity index (χ2n) is 3.98. The van der Waals surface area contributed by atoms with Crippen LogP contribution in [0.5, 0.6) is 0 Å². The van der Waals surface area contributed by atoms with Crippen LogP contribution in [0.3, 0.4) is 0 Å². The number of hydrogen-bond acceptors (Lipinski definition) is 3. The van der Waals surface area contributed by atoms with E-state index in [2.05, 4.69) is 0 Å². The van der Waals surface area contributed by atoms with Gasteiger partial charge in [-0.3, -0.25) is 4.79 Å². The molecule has 0 atom stereocenters. The van der Waals surface area contributed by atoms with Crippen LogP contribution in [0.25, 0.3) is 0 Å². The Hall–Kier alpha value is -2.04. The molecular weight excluding hydrogens is 220 g/mol. The highest BCUT2D eigenvalue weighted by Gasteiger charge is 2.26. The summed E-state index contributed by atoms with van der Waals surface area (Å²) in [7, 11) is 1.70. The number of carbonyl (C=O) groups excluding carboxylic acids is 1. The van der Waals surface area contributed by atoms with Crippen LogP contribution in [0.2, 0.25) is 0 Å². The molecule has 0 radical (unpaired) electrons. The van der Waals surface area contributed by atoms with E-state index in [0.29, 0.717) is 13.1 Å². The van der Waals surface area contributed by atoms with Crippen LogP contribution in [0.4, 0.5) is 11.4 Å². The Morgan fingerprint density at radius 1 is 1.41 bits per heavy atom. The zero-order valence-electron chi connectivity index (χ0n) is 9.80. The minimum Gasteiger partial charge on any atom is -0.478 e. The van der Waals surface area contributed by atoms with E-state index in [9.17, 15) is 9.59 Å². The average Bonchev–Trinajstić information content (AvgIpc) is 2.33. The van der Waals surface area contributed by atoms with Crippen LogP contribution in [-0.4, -0.2) is 37.1 Å². The summed E-state index contributed by atoms with van der Waals surface area (Å²) in [4.78, 5) is 26.1. The molecule has 0 aromatic heterocycles. The van der Waals surface area contributed by atoms with Gasteiger partial charge in [-0.2, -0.15) is 0 Å². The first kappa shape index (κ1) is 11.4. The summed E-state index contributed by atoms with van der Waals surface area (Å²) in [6, 6.07) is 4.81. The Morgan fingerprint density at radius 2 is 2.12 bits per heavy atom. The summed E-state index contributed by atoms with van der Waals surface area (Å²) in [6.45, 7) is 2.91. The lowest BCUT2D eigenvalue weighted by Crippen LogP contribution is -2.43. The molecular formula is C12H14N2O3. The summed E-state index contributed by atoms with van der Waals surface area (Å²) < 4.78 is 0. The number of amides is 1. The third-order valence-corrected chi connectivity index (χ3v) is 3.01. The van der Waals surface area contributed by atoms with E-state index < -0.39 is 5.97 Å². The lowest BCUT2D eigenvalue weighted by molar-refractivity contribution is -0.117. The van der Waals surface area contributed by atoms with E-state index in [1.807, 2.05) is 11.8 Å². The summed E-state index contributed by atoms with van der Waals surface area (Å²) in [5.74, 6) is -0.939. The predicted octanol–water partition coefficient (Wildman–Crippen LogP) is 1.19. The van der Waals surface area contributed by atoms with Crippen molar-refractivity contribution in [2.24, 2.45) is 0 Å². The van der Waals surface area contributed by atoms with Gasteiger partial charge in [0.25, 0.3) is 0 Å². The molecule has 1 aromatic carbocycles. The zero-order valence-corrected chi connectivity index (χ0v) is 9.80. The smallest absolute Gasteiger partial charge is 0.335 e. The molecule has 90 valence electrons. The molecule has 1 aliphatic rings. The molecule has 0 spiro atoms. The van der Waals surface area contributed by atoms with Crippen molar-refractivity contribution < 1.29 is 14.7 Å². The second-order valence-corrected chi connectivity index (χ2v) is 3.98. The minimum atomic E-state index is -0.955. The van der Waals surface area contributed by atoms with Crippen LogP contribution in [0.15, 0.2) is 18.2 Å². The lowest BCUT2D eigenvalue weighted by Gasteiger charge is -2.35. The maximum Gasteiger partial charge on any atom is 0.335 e. The summed E-state index contributed by atoms with van der Waals surface area (Å²) in [5.41, 5.74) is 1.80. The molecule has 1 aromatic rings. The third-order valence-electron chi connectivity index (χ3n) is 3.01.